The predicted octanol–water partition coefficient (Wildman–Crippen LogP) is -0.237. The topological polar surface area (TPSA) is 71.1 Å². The molecule has 0 aliphatic rings. The summed E-state index contributed by atoms with van der Waals surface area (Å²) in [6, 6.07) is 3.76. The summed E-state index contributed by atoms with van der Waals surface area (Å²) >= 11 is 0. The van der Waals surface area contributed by atoms with Crippen molar-refractivity contribution in [3.8, 4) is 0 Å². The lowest BCUT2D eigenvalue weighted by atomic mass is 10.2. The van der Waals surface area contributed by atoms with Crippen LogP contribution in [-0.4, -0.2) is 39.3 Å². The molecule has 2 N–H and O–H groups in total. The third kappa shape index (κ3) is 5.20. The van der Waals surface area contributed by atoms with E-state index in [1.807, 2.05) is 12.1 Å². The van der Waals surface area contributed by atoms with Gasteiger partial charge in [-0.25, -0.2) is 13.1 Å². The summed E-state index contributed by atoms with van der Waals surface area (Å²) in [5.74, 6) is 0.108. The standard InChI is InChI=1S/C10H17N3O2S/c1-11-7-8-16(14,15)13-6-4-10-3-2-5-12-9-10/h2-3,5,9,11,13H,4,6-8H2,1H3. The molecule has 6 heteroatoms. The highest BCUT2D eigenvalue weighted by atomic mass is 32.2. The normalized spacial score (nSPS) is 11.6. The number of hydrogen-bond acceptors (Lipinski definition) is 4. The summed E-state index contributed by atoms with van der Waals surface area (Å²) in [7, 11) is -1.42. The molecule has 0 aliphatic heterocycles. The average Bonchev–Trinajstić information content (AvgIpc) is 2.28. The van der Waals surface area contributed by atoms with Gasteiger partial charge in [-0.1, -0.05) is 6.07 Å². The van der Waals surface area contributed by atoms with E-state index in [1.165, 1.54) is 0 Å². The second-order valence-corrected chi connectivity index (χ2v) is 5.35. The Hall–Kier alpha value is -0.980. The van der Waals surface area contributed by atoms with E-state index in [9.17, 15) is 8.42 Å². The molecule has 90 valence electrons. The van der Waals surface area contributed by atoms with Gasteiger partial charge >= 0.3 is 0 Å². The van der Waals surface area contributed by atoms with Crippen molar-refractivity contribution < 1.29 is 8.42 Å². The fourth-order valence-corrected chi connectivity index (χ4v) is 2.24. The van der Waals surface area contributed by atoms with Gasteiger partial charge in [0.25, 0.3) is 0 Å². The fourth-order valence-electron chi connectivity index (χ4n) is 1.21. The first kappa shape index (κ1) is 13.1. The van der Waals surface area contributed by atoms with E-state index < -0.39 is 10.0 Å². The molecule has 0 radical (unpaired) electrons. The molecule has 0 fully saturated rings. The molecular weight excluding hydrogens is 226 g/mol. The Morgan fingerprint density at radius 2 is 2.19 bits per heavy atom. The van der Waals surface area contributed by atoms with Gasteiger partial charge in [-0.05, 0) is 25.1 Å². The lowest BCUT2D eigenvalue weighted by molar-refractivity contribution is 0.579. The molecule has 1 aromatic heterocycles. The Kier molecular flexibility index (Phi) is 5.37. The fraction of sp³-hybridized carbons (Fsp3) is 0.500. The zero-order chi connectivity index (χ0) is 11.9. The first-order chi connectivity index (χ1) is 7.64. The second-order valence-electron chi connectivity index (χ2n) is 3.43. The van der Waals surface area contributed by atoms with Crippen LogP contribution in [0.5, 0.6) is 0 Å². The minimum Gasteiger partial charge on any atom is -0.319 e. The lowest BCUT2D eigenvalue weighted by Crippen LogP contribution is -2.32. The Morgan fingerprint density at radius 3 is 2.81 bits per heavy atom. The van der Waals surface area contributed by atoms with Crippen LogP contribution in [0, 0.1) is 0 Å². The van der Waals surface area contributed by atoms with E-state index in [-0.39, 0.29) is 5.75 Å². The van der Waals surface area contributed by atoms with E-state index in [0.717, 1.165) is 5.56 Å². The number of nitrogens with zero attached hydrogens (tertiary/aromatic N) is 1. The molecule has 0 saturated carbocycles. The van der Waals surface area contributed by atoms with Crippen molar-refractivity contribution >= 4 is 10.0 Å². The van der Waals surface area contributed by atoms with E-state index >= 15 is 0 Å². The molecule has 0 aromatic carbocycles. The van der Waals surface area contributed by atoms with Gasteiger partial charge in [-0.2, -0.15) is 0 Å². The molecular formula is C10H17N3O2S. The number of hydrogen-bond donors (Lipinski definition) is 2. The molecule has 0 spiro atoms. The number of sulfonamides is 1. The highest BCUT2D eigenvalue weighted by Crippen LogP contribution is 1.96. The average molecular weight is 243 g/mol. The Bertz CT molecular complexity index is 392. The molecule has 5 nitrogen and oxygen atoms in total. The van der Waals surface area contributed by atoms with Crippen LogP contribution in [0.25, 0.3) is 0 Å². The third-order valence-electron chi connectivity index (χ3n) is 2.08. The van der Waals surface area contributed by atoms with Crippen LogP contribution in [0.3, 0.4) is 0 Å². The number of nitrogens with one attached hydrogen (secondary N) is 2. The Balaban J connectivity index is 2.30. The van der Waals surface area contributed by atoms with Crippen molar-refractivity contribution in [2.75, 3.05) is 25.9 Å². The monoisotopic (exact) mass is 243 g/mol. The van der Waals surface area contributed by atoms with Gasteiger partial charge in [-0.15, -0.1) is 0 Å². The predicted molar refractivity (Wildman–Crippen MR) is 63.7 cm³/mol. The van der Waals surface area contributed by atoms with Gasteiger partial charge in [-0.3, -0.25) is 4.98 Å². The first-order valence-electron chi connectivity index (χ1n) is 5.15. The third-order valence-corrected chi connectivity index (χ3v) is 3.46. The summed E-state index contributed by atoms with van der Waals surface area (Å²) in [4.78, 5) is 3.96. The molecule has 0 atom stereocenters. The summed E-state index contributed by atoms with van der Waals surface area (Å²) in [5, 5.41) is 2.80. The van der Waals surface area contributed by atoms with Crippen molar-refractivity contribution in [2.45, 2.75) is 6.42 Å². The lowest BCUT2D eigenvalue weighted by Gasteiger charge is -2.05. The number of rotatable bonds is 7. The zero-order valence-corrected chi connectivity index (χ0v) is 10.1. The number of aromatic nitrogens is 1. The maximum atomic E-state index is 11.4. The van der Waals surface area contributed by atoms with Gasteiger partial charge in [0.05, 0.1) is 5.75 Å². The molecule has 1 aromatic rings. The van der Waals surface area contributed by atoms with Crippen LogP contribution in [0.1, 0.15) is 5.56 Å². The summed E-state index contributed by atoms with van der Waals surface area (Å²) in [5.41, 5.74) is 1.03. The van der Waals surface area contributed by atoms with Crippen LogP contribution >= 0.6 is 0 Å². The van der Waals surface area contributed by atoms with Crippen molar-refractivity contribution in [2.24, 2.45) is 0 Å². The number of pyridine rings is 1. The molecule has 0 bridgehead atoms. The van der Waals surface area contributed by atoms with Crippen LogP contribution in [0.2, 0.25) is 0 Å². The SMILES string of the molecule is CNCCS(=O)(=O)NCCc1cccnc1. The molecule has 1 heterocycles. The Morgan fingerprint density at radius 1 is 1.38 bits per heavy atom. The highest BCUT2D eigenvalue weighted by molar-refractivity contribution is 7.89. The van der Waals surface area contributed by atoms with Crippen molar-refractivity contribution in [3.63, 3.8) is 0 Å². The van der Waals surface area contributed by atoms with Crippen LogP contribution < -0.4 is 10.0 Å². The largest absolute Gasteiger partial charge is 0.319 e. The molecule has 0 aliphatic carbocycles. The molecule has 16 heavy (non-hydrogen) atoms. The summed E-state index contributed by atoms with van der Waals surface area (Å²) in [6.07, 6.45) is 4.09. The van der Waals surface area contributed by atoms with Crippen LogP contribution in [-0.2, 0) is 16.4 Å². The Labute approximate surface area is 96.3 Å². The quantitative estimate of drug-likeness (QED) is 0.693. The minimum atomic E-state index is -3.15. The molecule has 0 saturated heterocycles. The molecule has 1 rings (SSSR count). The van der Waals surface area contributed by atoms with Crippen molar-refractivity contribution in [1.82, 2.24) is 15.0 Å². The van der Waals surface area contributed by atoms with Gasteiger partial charge in [0.2, 0.25) is 10.0 Å². The zero-order valence-electron chi connectivity index (χ0n) is 9.31. The summed E-state index contributed by atoms with van der Waals surface area (Å²) in [6.45, 7) is 0.875. The van der Waals surface area contributed by atoms with Crippen molar-refractivity contribution in [3.05, 3.63) is 30.1 Å². The van der Waals surface area contributed by atoms with Crippen molar-refractivity contribution in [1.29, 1.82) is 0 Å². The maximum absolute atomic E-state index is 11.4. The minimum absolute atomic E-state index is 0.108. The van der Waals surface area contributed by atoms with Gasteiger partial charge in [0, 0.05) is 25.5 Å². The van der Waals surface area contributed by atoms with E-state index in [0.29, 0.717) is 19.5 Å². The molecule has 0 amide bonds. The van der Waals surface area contributed by atoms with E-state index in [1.54, 1.807) is 19.4 Å². The first-order valence-corrected chi connectivity index (χ1v) is 6.80. The van der Waals surface area contributed by atoms with E-state index in [4.69, 9.17) is 0 Å². The smallest absolute Gasteiger partial charge is 0.212 e. The van der Waals surface area contributed by atoms with Gasteiger partial charge in [0.15, 0.2) is 0 Å². The van der Waals surface area contributed by atoms with Crippen LogP contribution in [0.4, 0.5) is 0 Å². The highest BCUT2D eigenvalue weighted by Gasteiger charge is 2.07. The van der Waals surface area contributed by atoms with Crippen LogP contribution in [0.15, 0.2) is 24.5 Å². The van der Waals surface area contributed by atoms with Gasteiger partial charge < -0.3 is 5.32 Å². The molecule has 0 unspecified atom stereocenters. The summed E-state index contributed by atoms with van der Waals surface area (Å²) < 4.78 is 25.4. The van der Waals surface area contributed by atoms with Gasteiger partial charge in [0.1, 0.15) is 0 Å². The van der Waals surface area contributed by atoms with E-state index in [2.05, 4.69) is 15.0 Å². The maximum Gasteiger partial charge on any atom is 0.212 e. The second kappa shape index (κ2) is 6.57.